The molecule has 0 aromatic heterocycles. The summed E-state index contributed by atoms with van der Waals surface area (Å²) in [5, 5.41) is 0. The SMILES string of the molecule is CC(F)CN(C)CN. The lowest BCUT2D eigenvalue weighted by Gasteiger charge is -2.13. The summed E-state index contributed by atoms with van der Waals surface area (Å²) in [4.78, 5) is 1.73. The molecule has 0 bridgehead atoms. The number of nitrogens with zero attached hydrogens (tertiary/aromatic N) is 1. The minimum absolute atomic E-state index is 0.425. The van der Waals surface area contributed by atoms with E-state index in [2.05, 4.69) is 0 Å². The van der Waals surface area contributed by atoms with Crippen LogP contribution in [0, 0.1) is 0 Å². The van der Waals surface area contributed by atoms with Crippen LogP contribution in [-0.2, 0) is 0 Å². The Hall–Kier alpha value is -0.150. The number of rotatable bonds is 3. The topological polar surface area (TPSA) is 29.3 Å². The molecule has 8 heavy (non-hydrogen) atoms. The summed E-state index contributed by atoms with van der Waals surface area (Å²) in [6.07, 6.45) is -0.774. The largest absolute Gasteiger partial charge is 0.318 e. The third-order valence-electron chi connectivity index (χ3n) is 0.875. The fraction of sp³-hybridized carbons (Fsp3) is 1.00. The smallest absolute Gasteiger partial charge is 0.110 e. The van der Waals surface area contributed by atoms with Crippen molar-refractivity contribution >= 4 is 0 Å². The molecular weight excluding hydrogens is 107 g/mol. The molecule has 0 fully saturated rings. The van der Waals surface area contributed by atoms with E-state index in [0.29, 0.717) is 13.2 Å². The number of halogens is 1. The summed E-state index contributed by atoms with van der Waals surface area (Å²) >= 11 is 0. The molecule has 0 radical (unpaired) electrons. The van der Waals surface area contributed by atoms with Gasteiger partial charge in [0.05, 0.1) is 0 Å². The lowest BCUT2D eigenvalue weighted by atomic mass is 10.4. The molecular formula is C5H13FN2. The number of hydrogen-bond acceptors (Lipinski definition) is 2. The van der Waals surface area contributed by atoms with Crippen molar-refractivity contribution in [3.8, 4) is 0 Å². The molecule has 1 unspecified atom stereocenters. The lowest BCUT2D eigenvalue weighted by Crippen LogP contribution is -2.30. The molecule has 0 amide bonds. The van der Waals surface area contributed by atoms with Crippen molar-refractivity contribution in [2.24, 2.45) is 5.73 Å². The monoisotopic (exact) mass is 120 g/mol. The second-order valence-electron chi connectivity index (χ2n) is 2.00. The highest BCUT2D eigenvalue weighted by Gasteiger charge is 1.99. The predicted octanol–water partition coefficient (Wildman–Crippen LogP) is 0.192. The molecule has 0 spiro atoms. The quantitative estimate of drug-likeness (QED) is 0.539. The van der Waals surface area contributed by atoms with Gasteiger partial charge in [0.25, 0.3) is 0 Å². The van der Waals surface area contributed by atoms with Gasteiger partial charge in [0.1, 0.15) is 6.17 Å². The fourth-order valence-corrected chi connectivity index (χ4v) is 0.504. The molecule has 2 nitrogen and oxygen atoms in total. The molecule has 50 valence electrons. The molecule has 0 aromatic carbocycles. The third kappa shape index (κ3) is 4.02. The van der Waals surface area contributed by atoms with Gasteiger partial charge in [0.2, 0.25) is 0 Å². The van der Waals surface area contributed by atoms with Gasteiger partial charge < -0.3 is 5.73 Å². The average Bonchev–Trinajstić information content (AvgIpc) is 1.65. The van der Waals surface area contributed by atoms with E-state index in [0.717, 1.165) is 0 Å². The number of hydrogen-bond donors (Lipinski definition) is 1. The molecule has 1 atom stereocenters. The van der Waals surface area contributed by atoms with Crippen LogP contribution in [0.5, 0.6) is 0 Å². The lowest BCUT2D eigenvalue weighted by molar-refractivity contribution is 0.238. The minimum atomic E-state index is -0.774. The van der Waals surface area contributed by atoms with Gasteiger partial charge in [0.15, 0.2) is 0 Å². The van der Waals surface area contributed by atoms with Crippen LogP contribution in [0.1, 0.15) is 6.92 Å². The average molecular weight is 120 g/mol. The van der Waals surface area contributed by atoms with Gasteiger partial charge in [-0.15, -0.1) is 0 Å². The maximum Gasteiger partial charge on any atom is 0.110 e. The number of alkyl halides is 1. The molecule has 2 N–H and O–H groups in total. The van der Waals surface area contributed by atoms with Crippen LogP contribution in [0.25, 0.3) is 0 Å². The normalized spacial score (nSPS) is 14.6. The van der Waals surface area contributed by atoms with Crippen LogP contribution >= 0.6 is 0 Å². The summed E-state index contributed by atoms with van der Waals surface area (Å²) < 4.78 is 12.0. The standard InChI is InChI=1S/C5H13FN2/c1-5(6)3-8(2)4-7/h5H,3-4,7H2,1-2H3. The molecule has 0 aromatic rings. The summed E-state index contributed by atoms with van der Waals surface area (Å²) in [5.74, 6) is 0. The van der Waals surface area contributed by atoms with Crippen LogP contribution in [0.3, 0.4) is 0 Å². The van der Waals surface area contributed by atoms with Crippen molar-refractivity contribution in [2.45, 2.75) is 13.1 Å². The zero-order chi connectivity index (χ0) is 6.57. The van der Waals surface area contributed by atoms with Crippen LogP contribution in [0.15, 0.2) is 0 Å². The Labute approximate surface area is 49.5 Å². The first-order valence-electron chi connectivity index (χ1n) is 2.69. The molecule has 0 aliphatic rings. The summed E-state index contributed by atoms with van der Waals surface area (Å²) in [6, 6.07) is 0. The first kappa shape index (κ1) is 7.85. The first-order valence-corrected chi connectivity index (χ1v) is 2.69. The molecule has 0 saturated heterocycles. The van der Waals surface area contributed by atoms with Gasteiger partial charge in [-0.3, -0.25) is 4.90 Å². The van der Waals surface area contributed by atoms with Gasteiger partial charge in [-0.25, -0.2) is 4.39 Å². The zero-order valence-corrected chi connectivity index (χ0v) is 5.39. The van der Waals surface area contributed by atoms with Crippen molar-refractivity contribution in [1.82, 2.24) is 4.90 Å². The Balaban J connectivity index is 3.10. The van der Waals surface area contributed by atoms with E-state index >= 15 is 0 Å². The number of nitrogens with two attached hydrogens (primary N) is 1. The Morgan fingerprint density at radius 2 is 2.25 bits per heavy atom. The maximum atomic E-state index is 12.0. The first-order chi connectivity index (χ1) is 3.66. The van der Waals surface area contributed by atoms with Crippen molar-refractivity contribution in [1.29, 1.82) is 0 Å². The third-order valence-corrected chi connectivity index (χ3v) is 0.875. The minimum Gasteiger partial charge on any atom is -0.318 e. The molecule has 3 heteroatoms. The van der Waals surface area contributed by atoms with Crippen molar-refractivity contribution in [3.63, 3.8) is 0 Å². The van der Waals surface area contributed by atoms with E-state index in [1.165, 1.54) is 6.92 Å². The molecule has 0 rings (SSSR count). The molecule has 0 aliphatic carbocycles. The fourth-order valence-electron chi connectivity index (χ4n) is 0.504. The Bertz CT molecular complexity index is 56.4. The molecule has 0 heterocycles. The maximum absolute atomic E-state index is 12.0. The summed E-state index contributed by atoms with van der Waals surface area (Å²) in [7, 11) is 1.79. The van der Waals surface area contributed by atoms with E-state index < -0.39 is 6.17 Å². The van der Waals surface area contributed by atoms with Crippen LogP contribution in [0.2, 0.25) is 0 Å². The van der Waals surface area contributed by atoms with E-state index in [9.17, 15) is 4.39 Å². The Kier molecular flexibility index (Phi) is 3.73. The highest BCUT2D eigenvalue weighted by atomic mass is 19.1. The van der Waals surface area contributed by atoms with Crippen LogP contribution in [0.4, 0.5) is 4.39 Å². The Morgan fingerprint density at radius 3 is 2.38 bits per heavy atom. The van der Waals surface area contributed by atoms with Gasteiger partial charge in [-0.05, 0) is 14.0 Å². The van der Waals surface area contributed by atoms with Crippen LogP contribution < -0.4 is 5.73 Å². The van der Waals surface area contributed by atoms with E-state index in [4.69, 9.17) is 5.73 Å². The summed E-state index contributed by atoms with van der Waals surface area (Å²) in [6.45, 7) is 2.37. The highest BCUT2D eigenvalue weighted by molar-refractivity contribution is 4.51. The zero-order valence-electron chi connectivity index (χ0n) is 5.39. The van der Waals surface area contributed by atoms with Gasteiger partial charge in [-0.1, -0.05) is 0 Å². The highest BCUT2D eigenvalue weighted by Crippen LogP contribution is 1.88. The second-order valence-corrected chi connectivity index (χ2v) is 2.00. The van der Waals surface area contributed by atoms with Crippen molar-refractivity contribution < 1.29 is 4.39 Å². The van der Waals surface area contributed by atoms with Gasteiger partial charge in [-0.2, -0.15) is 0 Å². The Morgan fingerprint density at radius 1 is 1.75 bits per heavy atom. The van der Waals surface area contributed by atoms with Crippen molar-refractivity contribution in [2.75, 3.05) is 20.3 Å². The second kappa shape index (κ2) is 3.80. The molecule has 0 aliphatic heterocycles. The predicted molar refractivity (Wildman–Crippen MR) is 32.3 cm³/mol. The molecule has 0 saturated carbocycles. The van der Waals surface area contributed by atoms with E-state index in [1.54, 1.807) is 11.9 Å². The van der Waals surface area contributed by atoms with Gasteiger partial charge >= 0.3 is 0 Å². The van der Waals surface area contributed by atoms with E-state index in [-0.39, 0.29) is 0 Å². The van der Waals surface area contributed by atoms with E-state index in [1.807, 2.05) is 0 Å². The van der Waals surface area contributed by atoms with Gasteiger partial charge in [0, 0.05) is 13.2 Å². The van der Waals surface area contributed by atoms with Crippen molar-refractivity contribution in [3.05, 3.63) is 0 Å². The van der Waals surface area contributed by atoms with Crippen LogP contribution in [-0.4, -0.2) is 31.3 Å². The summed E-state index contributed by atoms with van der Waals surface area (Å²) in [5.41, 5.74) is 5.18.